The minimum absolute atomic E-state index is 0.373. The summed E-state index contributed by atoms with van der Waals surface area (Å²) in [6.45, 7) is 7.96. The maximum atomic E-state index is 6.33. The van der Waals surface area contributed by atoms with Gasteiger partial charge in [0.05, 0.1) is 0 Å². The van der Waals surface area contributed by atoms with Gasteiger partial charge < -0.3 is 10.5 Å². The molecule has 2 nitrogen and oxygen atoms in total. The van der Waals surface area contributed by atoms with Crippen LogP contribution in [0, 0.1) is 17.3 Å². The van der Waals surface area contributed by atoms with Gasteiger partial charge >= 0.3 is 0 Å². The van der Waals surface area contributed by atoms with Crippen molar-refractivity contribution < 1.29 is 4.74 Å². The molecule has 1 fully saturated rings. The molecular weight excluding hydrogens is 198 g/mol. The Morgan fingerprint density at radius 3 is 2.56 bits per heavy atom. The number of rotatable bonds is 5. The van der Waals surface area contributed by atoms with Gasteiger partial charge in [0.15, 0.2) is 0 Å². The summed E-state index contributed by atoms with van der Waals surface area (Å²) in [7, 11) is 1.78. The maximum absolute atomic E-state index is 6.33. The van der Waals surface area contributed by atoms with E-state index in [2.05, 4.69) is 20.8 Å². The van der Waals surface area contributed by atoms with Crippen molar-refractivity contribution in [3.05, 3.63) is 0 Å². The minimum atomic E-state index is 0.373. The molecule has 0 aromatic rings. The van der Waals surface area contributed by atoms with E-state index < -0.39 is 0 Å². The first kappa shape index (κ1) is 14.0. The average molecular weight is 227 g/mol. The van der Waals surface area contributed by atoms with Gasteiger partial charge in [0.1, 0.15) is 0 Å². The van der Waals surface area contributed by atoms with E-state index in [1.807, 2.05) is 0 Å². The van der Waals surface area contributed by atoms with Crippen LogP contribution in [0.4, 0.5) is 0 Å². The van der Waals surface area contributed by atoms with E-state index in [4.69, 9.17) is 10.5 Å². The molecule has 1 aliphatic rings. The van der Waals surface area contributed by atoms with Crippen molar-refractivity contribution in [3.8, 4) is 0 Å². The van der Waals surface area contributed by atoms with Crippen molar-refractivity contribution in [3.63, 3.8) is 0 Å². The monoisotopic (exact) mass is 227 g/mol. The molecule has 2 heteroatoms. The smallest absolute Gasteiger partial charge is 0.0462 e. The Kier molecular flexibility index (Phi) is 5.26. The molecule has 0 aromatic heterocycles. The summed E-state index contributed by atoms with van der Waals surface area (Å²) in [6.07, 6.45) is 6.25. The molecule has 0 saturated heterocycles. The van der Waals surface area contributed by atoms with Gasteiger partial charge in [0, 0.05) is 19.8 Å². The van der Waals surface area contributed by atoms with Crippen LogP contribution in [0.5, 0.6) is 0 Å². The molecule has 0 amide bonds. The number of hydrogen-bond acceptors (Lipinski definition) is 2. The number of nitrogens with two attached hydrogens (primary N) is 1. The number of ether oxygens (including phenoxy) is 1. The van der Waals surface area contributed by atoms with Gasteiger partial charge in [0.25, 0.3) is 0 Å². The second kappa shape index (κ2) is 6.02. The zero-order chi connectivity index (χ0) is 12.2. The Hall–Kier alpha value is -0.0800. The Morgan fingerprint density at radius 1 is 1.31 bits per heavy atom. The van der Waals surface area contributed by atoms with Crippen LogP contribution in [0.3, 0.4) is 0 Å². The summed E-state index contributed by atoms with van der Waals surface area (Å²) in [5, 5.41) is 0. The zero-order valence-corrected chi connectivity index (χ0v) is 11.5. The fourth-order valence-corrected chi connectivity index (χ4v) is 3.25. The van der Waals surface area contributed by atoms with E-state index in [1.54, 1.807) is 7.11 Å². The molecule has 0 bridgehead atoms. The minimum Gasteiger partial charge on any atom is -0.385 e. The van der Waals surface area contributed by atoms with Crippen molar-refractivity contribution >= 4 is 0 Å². The zero-order valence-electron chi connectivity index (χ0n) is 11.5. The molecule has 0 radical (unpaired) electrons. The van der Waals surface area contributed by atoms with Crippen molar-refractivity contribution in [2.75, 3.05) is 13.7 Å². The molecule has 3 atom stereocenters. The molecule has 0 spiro atoms. The van der Waals surface area contributed by atoms with Crippen LogP contribution in [0.1, 0.15) is 52.9 Å². The quantitative estimate of drug-likeness (QED) is 0.732. The molecule has 0 aliphatic heterocycles. The van der Waals surface area contributed by atoms with Crippen molar-refractivity contribution in [1.82, 2.24) is 0 Å². The predicted octanol–water partition coefficient (Wildman–Crippen LogP) is 3.20. The Balaban J connectivity index is 2.47. The SMILES string of the molecule is COCCCC(C)(C)C1CCC(C)CC1N. The molecule has 96 valence electrons. The van der Waals surface area contributed by atoms with E-state index in [9.17, 15) is 0 Å². The fraction of sp³-hybridized carbons (Fsp3) is 1.00. The van der Waals surface area contributed by atoms with Crippen LogP contribution < -0.4 is 5.73 Å². The van der Waals surface area contributed by atoms with E-state index in [-0.39, 0.29) is 0 Å². The van der Waals surface area contributed by atoms with Crippen LogP contribution in [-0.2, 0) is 4.74 Å². The lowest BCUT2D eigenvalue weighted by molar-refractivity contribution is 0.0903. The standard InChI is InChI=1S/C14H29NO/c1-11-6-7-12(13(15)10-11)14(2,3)8-5-9-16-4/h11-13H,5-10,15H2,1-4H3. The third-order valence-electron chi connectivity index (χ3n) is 4.34. The molecule has 0 aromatic carbocycles. The normalized spacial score (nSPS) is 31.7. The average Bonchev–Trinajstić information content (AvgIpc) is 2.17. The summed E-state index contributed by atoms with van der Waals surface area (Å²) in [6, 6.07) is 0.404. The molecule has 1 aliphatic carbocycles. The van der Waals surface area contributed by atoms with E-state index in [0.29, 0.717) is 17.4 Å². The number of methoxy groups -OCH3 is 1. The van der Waals surface area contributed by atoms with Gasteiger partial charge in [-0.15, -0.1) is 0 Å². The highest BCUT2D eigenvalue weighted by Gasteiger charge is 2.36. The van der Waals surface area contributed by atoms with Crippen LogP contribution in [0.15, 0.2) is 0 Å². The van der Waals surface area contributed by atoms with Gasteiger partial charge in [-0.25, -0.2) is 0 Å². The second-order valence-electron chi connectivity index (χ2n) is 6.27. The second-order valence-corrected chi connectivity index (χ2v) is 6.27. The van der Waals surface area contributed by atoms with Gasteiger partial charge in [-0.05, 0) is 42.9 Å². The molecule has 1 saturated carbocycles. The van der Waals surface area contributed by atoms with Gasteiger partial charge in [0.2, 0.25) is 0 Å². The van der Waals surface area contributed by atoms with E-state index in [0.717, 1.165) is 18.9 Å². The third-order valence-corrected chi connectivity index (χ3v) is 4.34. The first-order valence-corrected chi connectivity index (χ1v) is 6.72. The molecule has 3 unspecified atom stereocenters. The first-order chi connectivity index (χ1) is 7.47. The largest absolute Gasteiger partial charge is 0.385 e. The molecule has 1 rings (SSSR count). The first-order valence-electron chi connectivity index (χ1n) is 6.72. The Morgan fingerprint density at radius 2 is 2.00 bits per heavy atom. The molecule has 16 heavy (non-hydrogen) atoms. The van der Waals surface area contributed by atoms with Crippen LogP contribution >= 0.6 is 0 Å². The summed E-state index contributed by atoms with van der Waals surface area (Å²) in [5.74, 6) is 1.52. The lowest BCUT2D eigenvalue weighted by Crippen LogP contribution is -2.43. The van der Waals surface area contributed by atoms with Gasteiger partial charge in [-0.2, -0.15) is 0 Å². The molecule has 2 N–H and O–H groups in total. The Bertz CT molecular complexity index is 203. The third kappa shape index (κ3) is 3.74. The van der Waals surface area contributed by atoms with E-state index >= 15 is 0 Å². The lowest BCUT2D eigenvalue weighted by Gasteiger charge is -2.43. The Labute approximate surface area is 101 Å². The van der Waals surface area contributed by atoms with Crippen LogP contribution in [-0.4, -0.2) is 19.8 Å². The summed E-state index contributed by atoms with van der Waals surface area (Å²) in [5.41, 5.74) is 6.70. The lowest BCUT2D eigenvalue weighted by atomic mass is 9.65. The number of hydrogen-bond donors (Lipinski definition) is 1. The van der Waals surface area contributed by atoms with Crippen LogP contribution in [0.2, 0.25) is 0 Å². The van der Waals surface area contributed by atoms with Gasteiger partial charge in [-0.1, -0.05) is 27.2 Å². The molecular formula is C14H29NO. The van der Waals surface area contributed by atoms with Gasteiger partial charge in [-0.3, -0.25) is 0 Å². The fourth-order valence-electron chi connectivity index (χ4n) is 3.25. The highest BCUT2D eigenvalue weighted by Crippen LogP contribution is 2.42. The highest BCUT2D eigenvalue weighted by molar-refractivity contribution is 4.90. The summed E-state index contributed by atoms with van der Waals surface area (Å²) < 4.78 is 5.14. The summed E-state index contributed by atoms with van der Waals surface area (Å²) in [4.78, 5) is 0. The highest BCUT2D eigenvalue weighted by atomic mass is 16.5. The van der Waals surface area contributed by atoms with E-state index in [1.165, 1.54) is 25.7 Å². The topological polar surface area (TPSA) is 35.2 Å². The molecule has 0 heterocycles. The maximum Gasteiger partial charge on any atom is 0.0462 e. The van der Waals surface area contributed by atoms with Crippen LogP contribution in [0.25, 0.3) is 0 Å². The predicted molar refractivity (Wildman–Crippen MR) is 69.4 cm³/mol. The van der Waals surface area contributed by atoms with Crippen molar-refractivity contribution in [1.29, 1.82) is 0 Å². The van der Waals surface area contributed by atoms with Crippen molar-refractivity contribution in [2.45, 2.75) is 58.9 Å². The summed E-state index contributed by atoms with van der Waals surface area (Å²) >= 11 is 0. The van der Waals surface area contributed by atoms with Crippen molar-refractivity contribution in [2.24, 2.45) is 23.0 Å².